The largest absolute Gasteiger partial charge is 0.481 e. The number of ether oxygens (including phenoxy) is 2. The van der Waals surface area contributed by atoms with E-state index in [-0.39, 0.29) is 50.7 Å². The summed E-state index contributed by atoms with van der Waals surface area (Å²) < 4.78 is 13.9. The Bertz CT molecular complexity index is 1450. The number of aliphatic carboxylic acids is 1. The van der Waals surface area contributed by atoms with E-state index in [2.05, 4.69) is 110 Å². The average Bonchev–Trinajstić information content (AvgIpc) is 3.45. The van der Waals surface area contributed by atoms with Crippen molar-refractivity contribution in [3.8, 4) is 0 Å². The Morgan fingerprint density at radius 1 is 1.12 bits per heavy atom. The molecule has 5 aliphatic rings. The Morgan fingerprint density at radius 3 is 2.39 bits per heavy atom. The quantitative estimate of drug-likeness (QED) is 0.272. The number of tetrazole rings is 1. The molecule has 0 aromatic carbocycles. The van der Waals surface area contributed by atoms with Crippen molar-refractivity contribution < 1.29 is 19.4 Å². The zero-order chi connectivity index (χ0) is 36.1. The summed E-state index contributed by atoms with van der Waals surface area (Å²) in [6, 6.07) is -0.164. The molecule has 3 N–H and O–H groups in total. The van der Waals surface area contributed by atoms with Crippen LogP contribution >= 0.6 is 0 Å². The fourth-order valence-corrected chi connectivity index (χ4v) is 12.6. The van der Waals surface area contributed by atoms with Crippen LogP contribution in [0.4, 0.5) is 5.95 Å². The van der Waals surface area contributed by atoms with Crippen LogP contribution in [-0.2, 0) is 14.3 Å². The van der Waals surface area contributed by atoms with E-state index < -0.39 is 11.9 Å². The number of aromatic nitrogens is 4. The van der Waals surface area contributed by atoms with Crippen LogP contribution in [0.3, 0.4) is 0 Å². The van der Waals surface area contributed by atoms with Crippen LogP contribution in [-0.4, -0.2) is 81.7 Å². The zero-order valence-electron chi connectivity index (χ0n) is 32.5. The third-order valence-corrected chi connectivity index (χ3v) is 16.7. The maximum Gasteiger partial charge on any atom is 0.307 e. The maximum absolute atomic E-state index is 13.5. The van der Waals surface area contributed by atoms with Crippen molar-refractivity contribution in [2.45, 2.75) is 125 Å². The molecule has 0 radical (unpaired) electrons. The standard InChI is InChI=1S/C39H66N6O4/c1-23(2)25(5)34(6)17-18-36(8)26-13-14-29-35(7)20-48-22-39(29,27(26)15-16-37(36,9)30(34)32(46)47)19-28(45-42-33(40)41-43-45)31(35)49-21-38(10,24(3)4)44(11)12/h15,23-26,28-31H,13-14,16-22H2,1-12H3,(H2,40,42)(H,46,47)/t25-,26+,28-,29+,30-,31+,34-,35?,36-,37+,38+,39+/m1/s1. The molecule has 4 fully saturated rings. The number of carboxylic acid groups (broad SMARTS) is 1. The Balaban J connectivity index is 1.44. The van der Waals surface area contributed by atoms with Crippen molar-refractivity contribution in [3.63, 3.8) is 0 Å². The topological polar surface area (TPSA) is 129 Å². The van der Waals surface area contributed by atoms with E-state index in [1.54, 1.807) is 4.80 Å². The molecule has 1 aromatic rings. The number of hydrogen-bond donors (Lipinski definition) is 2. The summed E-state index contributed by atoms with van der Waals surface area (Å²) >= 11 is 0. The van der Waals surface area contributed by atoms with Gasteiger partial charge in [-0.3, -0.25) is 4.79 Å². The summed E-state index contributed by atoms with van der Waals surface area (Å²) in [6.07, 6.45) is 7.97. The third-order valence-electron chi connectivity index (χ3n) is 16.7. The molecule has 3 saturated carbocycles. The lowest BCUT2D eigenvalue weighted by Crippen LogP contribution is -2.69. The maximum atomic E-state index is 13.5. The highest BCUT2D eigenvalue weighted by molar-refractivity contribution is 5.73. The van der Waals surface area contributed by atoms with Crippen molar-refractivity contribution in [1.29, 1.82) is 0 Å². The summed E-state index contributed by atoms with van der Waals surface area (Å²) in [6.45, 7) is 24.9. The molecule has 1 saturated heterocycles. The number of hydrogen-bond acceptors (Lipinski definition) is 8. The minimum Gasteiger partial charge on any atom is -0.481 e. The van der Waals surface area contributed by atoms with Crippen molar-refractivity contribution >= 4 is 11.9 Å². The molecule has 0 spiro atoms. The lowest BCUT2D eigenvalue weighted by atomic mass is 9.34. The molecule has 6 rings (SSSR count). The van der Waals surface area contributed by atoms with E-state index in [1.807, 2.05) is 0 Å². The van der Waals surface area contributed by atoms with Gasteiger partial charge in [-0.25, -0.2) is 0 Å². The van der Waals surface area contributed by atoms with Gasteiger partial charge < -0.3 is 25.2 Å². The van der Waals surface area contributed by atoms with Gasteiger partial charge in [0.15, 0.2) is 0 Å². The van der Waals surface area contributed by atoms with Crippen LogP contribution in [0.15, 0.2) is 11.6 Å². The van der Waals surface area contributed by atoms with Gasteiger partial charge in [0.25, 0.3) is 5.95 Å². The molecule has 10 heteroatoms. The normalized spacial score (nSPS) is 43.7. The molecule has 4 aliphatic carbocycles. The number of carboxylic acids is 1. The van der Waals surface area contributed by atoms with Gasteiger partial charge in [0.2, 0.25) is 0 Å². The highest BCUT2D eigenvalue weighted by Crippen LogP contribution is 2.75. The summed E-state index contributed by atoms with van der Waals surface area (Å²) in [7, 11) is 4.27. The average molecular weight is 683 g/mol. The lowest BCUT2D eigenvalue weighted by molar-refractivity contribution is -0.256. The molecule has 12 atom stereocenters. The van der Waals surface area contributed by atoms with Gasteiger partial charge >= 0.3 is 5.97 Å². The molecule has 2 heterocycles. The molecule has 2 bridgehead atoms. The number of carbonyl (C=O) groups is 1. The van der Waals surface area contributed by atoms with Crippen LogP contribution < -0.4 is 5.73 Å². The van der Waals surface area contributed by atoms with Crippen LogP contribution in [0.1, 0.15) is 114 Å². The number of nitrogens with two attached hydrogens (primary N) is 1. The SMILES string of the molecule is CC(C)[C@@H](C)[C@@]1(C)CC[C@]2(C)[C@H]3CC[C@H]4C5(C)COC[C@@]4(C[C@@H](n4nnc(N)n4)[C@@H]5OC[C@@](C)(C(C)C)N(C)C)C3=CC[C@@]2(C)[C@@H]1C(=O)O. The second-order valence-electron chi connectivity index (χ2n) is 19.2. The fourth-order valence-electron chi connectivity index (χ4n) is 12.6. The predicted octanol–water partition coefficient (Wildman–Crippen LogP) is 6.75. The van der Waals surface area contributed by atoms with Crippen molar-refractivity contribution in [1.82, 2.24) is 25.1 Å². The molecular weight excluding hydrogens is 616 g/mol. The molecule has 49 heavy (non-hydrogen) atoms. The van der Waals surface area contributed by atoms with Gasteiger partial charge in [-0.05, 0) is 111 Å². The van der Waals surface area contributed by atoms with Gasteiger partial charge in [-0.1, -0.05) is 79.1 Å². The highest BCUT2D eigenvalue weighted by Gasteiger charge is 2.72. The molecule has 1 aliphatic heterocycles. The monoisotopic (exact) mass is 683 g/mol. The van der Waals surface area contributed by atoms with Gasteiger partial charge in [0.05, 0.1) is 31.8 Å². The number of likely N-dealkylation sites (N-methyl/N-ethyl adjacent to an activating group) is 1. The zero-order valence-corrected chi connectivity index (χ0v) is 32.5. The molecule has 1 aromatic heterocycles. The van der Waals surface area contributed by atoms with Gasteiger partial charge in [-0.2, -0.15) is 4.80 Å². The van der Waals surface area contributed by atoms with E-state index in [1.165, 1.54) is 5.57 Å². The van der Waals surface area contributed by atoms with Crippen LogP contribution in [0.25, 0.3) is 0 Å². The second-order valence-corrected chi connectivity index (χ2v) is 19.2. The Kier molecular flexibility index (Phi) is 9.00. The number of rotatable bonds is 9. The van der Waals surface area contributed by atoms with E-state index in [0.29, 0.717) is 49.4 Å². The first-order valence-corrected chi connectivity index (χ1v) is 19.1. The van der Waals surface area contributed by atoms with Crippen molar-refractivity contribution in [2.75, 3.05) is 39.6 Å². The van der Waals surface area contributed by atoms with E-state index >= 15 is 0 Å². The molecular formula is C39H66N6O4. The lowest BCUT2D eigenvalue weighted by Gasteiger charge is -2.71. The number of allylic oxidation sites excluding steroid dienone is 1. The minimum absolute atomic E-state index is 0.145. The summed E-state index contributed by atoms with van der Waals surface area (Å²) in [5.74, 6) is 0.902. The molecule has 0 amide bonds. The number of nitrogen functional groups attached to an aromatic ring is 1. The number of fused-ring (bicyclic) bond motifs is 3. The number of nitrogens with zero attached hydrogens (tertiary/aromatic N) is 5. The van der Waals surface area contributed by atoms with E-state index in [9.17, 15) is 9.90 Å². The highest BCUT2D eigenvalue weighted by atomic mass is 16.5. The molecule has 1 unspecified atom stereocenters. The second kappa shape index (κ2) is 12.0. The van der Waals surface area contributed by atoms with Gasteiger partial charge in [0.1, 0.15) is 6.04 Å². The first kappa shape index (κ1) is 36.7. The van der Waals surface area contributed by atoms with E-state index in [0.717, 1.165) is 38.5 Å². The van der Waals surface area contributed by atoms with Crippen molar-refractivity contribution in [3.05, 3.63) is 11.6 Å². The summed E-state index contributed by atoms with van der Waals surface area (Å²) in [5.41, 5.74) is 6.16. The smallest absolute Gasteiger partial charge is 0.307 e. The minimum atomic E-state index is -0.626. The van der Waals surface area contributed by atoms with Gasteiger partial charge in [-0.15, -0.1) is 5.10 Å². The molecule has 276 valence electrons. The van der Waals surface area contributed by atoms with Gasteiger partial charge in [0, 0.05) is 16.4 Å². The Morgan fingerprint density at radius 2 is 1.82 bits per heavy atom. The number of anilines is 1. The Labute approximate surface area is 295 Å². The third kappa shape index (κ3) is 5.02. The summed E-state index contributed by atoms with van der Waals surface area (Å²) in [5, 5.41) is 24.3. The Hall–Kier alpha value is -2.04. The van der Waals surface area contributed by atoms with Crippen LogP contribution in [0, 0.1) is 62.6 Å². The molecule has 10 nitrogen and oxygen atoms in total. The van der Waals surface area contributed by atoms with Crippen LogP contribution in [0.5, 0.6) is 0 Å². The van der Waals surface area contributed by atoms with Crippen molar-refractivity contribution in [2.24, 2.45) is 62.6 Å². The van der Waals surface area contributed by atoms with Crippen LogP contribution in [0.2, 0.25) is 0 Å². The first-order chi connectivity index (χ1) is 22.7. The first-order valence-electron chi connectivity index (χ1n) is 19.1. The summed E-state index contributed by atoms with van der Waals surface area (Å²) in [4.78, 5) is 17.5. The van der Waals surface area contributed by atoms with E-state index in [4.69, 9.17) is 15.2 Å². The fraction of sp³-hybridized carbons (Fsp3) is 0.897. The predicted molar refractivity (Wildman–Crippen MR) is 192 cm³/mol.